The lowest BCUT2D eigenvalue weighted by Crippen LogP contribution is -2.11. The highest BCUT2D eigenvalue weighted by Crippen LogP contribution is 2.44. The van der Waals surface area contributed by atoms with Gasteiger partial charge in [0.15, 0.2) is 18.1 Å². The first-order valence-electron chi connectivity index (χ1n) is 3.80. The summed E-state index contributed by atoms with van der Waals surface area (Å²) in [5.41, 5.74) is 0. The van der Waals surface area contributed by atoms with Crippen molar-refractivity contribution < 1.29 is 14.2 Å². The van der Waals surface area contributed by atoms with Gasteiger partial charge < -0.3 is 14.2 Å². The van der Waals surface area contributed by atoms with Gasteiger partial charge in [-0.1, -0.05) is 0 Å². The molecule has 0 bridgehead atoms. The minimum atomic E-state index is 0.444. The SMILES string of the molecule is COc1ccc(Br)c2c1OC[CH]O2. The Kier molecular flexibility index (Phi) is 2.31. The Balaban J connectivity index is 2.52. The van der Waals surface area contributed by atoms with Gasteiger partial charge >= 0.3 is 0 Å². The number of hydrogen-bond donors (Lipinski definition) is 0. The van der Waals surface area contributed by atoms with E-state index in [1.54, 1.807) is 13.7 Å². The van der Waals surface area contributed by atoms with E-state index in [0.29, 0.717) is 23.9 Å². The Hall–Kier alpha value is -0.900. The van der Waals surface area contributed by atoms with Crippen molar-refractivity contribution in [1.29, 1.82) is 0 Å². The number of hydrogen-bond acceptors (Lipinski definition) is 3. The number of benzene rings is 1. The minimum Gasteiger partial charge on any atom is -0.493 e. The maximum atomic E-state index is 5.39. The van der Waals surface area contributed by atoms with Crippen molar-refractivity contribution in [3.05, 3.63) is 23.2 Å². The second kappa shape index (κ2) is 3.46. The van der Waals surface area contributed by atoms with Gasteiger partial charge in [0.2, 0.25) is 5.75 Å². The zero-order chi connectivity index (χ0) is 9.26. The van der Waals surface area contributed by atoms with E-state index in [4.69, 9.17) is 14.2 Å². The van der Waals surface area contributed by atoms with Gasteiger partial charge in [0, 0.05) is 0 Å². The predicted molar refractivity (Wildman–Crippen MR) is 51.1 cm³/mol. The lowest BCUT2D eigenvalue weighted by atomic mass is 10.3. The molecule has 4 heteroatoms. The molecular formula is C9H8BrO3. The van der Waals surface area contributed by atoms with Gasteiger partial charge in [-0.05, 0) is 28.1 Å². The topological polar surface area (TPSA) is 27.7 Å². The van der Waals surface area contributed by atoms with Crippen LogP contribution in [0.25, 0.3) is 0 Å². The van der Waals surface area contributed by atoms with Gasteiger partial charge in [0.25, 0.3) is 0 Å². The molecule has 1 aromatic rings. The molecule has 13 heavy (non-hydrogen) atoms. The van der Waals surface area contributed by atoms with Crippen molar-refractivity contribution in [2.75, 3.05) is 13.7 Å². The van der Waals surface area contributed by atoms with Gasteiger partial charge in [-0.3, -0.25) is 0 Å². The second-order valence-electron chi connectivity index (χ2n) is 2.50. The van der Waals surface area contributed by atoms with Gasteiger partial charge in [-0.15, -0.1) is 0 Å². The minimum absolute atomic E-state index is 0.444. The molecule has 1 radical (unpaired) electrons. The standard InChI is InChI=1S/C9H8BrO3/c1-11-7-3-2-6(10)8-9(7)13-5-4-12-8/h2-4H,5H2,1H3. The number of fused-ring (bicyclic) bond motifs is 1. The number of ether oxygens (including phenoxy) is 3. The Morgan fingerprint density at radius 1 is 1.38 bits per heavy atom. The van der Waals surface area contributed by atoms with Crippen molar-refractivity contribution >= 4 is 15.9 Å². The molecule has 2 rings (SSSR count). The summed E-state index contributed by atoms with van der Waals surface area (Å²) >= 11 is 3.36. The average molecular weight is 244 g/mol. The Labute approximate surface area is 84.7 Å². The first-order chi connectivity index (χ1) is 6.33. The Morgan fingerprint density at radius 2 is 2.23 bits per heavy atom. The molecule has 3 nitrogen and oxygen atoms in total. The van der Waals surface area contributed by atoms with Gasteiger partial charge in [-0.25, -0.2) is 0 Å². The van der Waals surface area contributed by atoms with E-state index in [-0.39, 0.29) is 0 Å². The first-order valence-corrected chi connectivity index (χ1v) is 4.60. The third-order valence-electron chi connectivity index (χ3n) is 1.74. The maximum Gasteiger partial charge on any atom is 0.204 e. The van der Waals surface area contributed by atoms with Crippen LogP contribution < -0.4 is 14.2 Å². The Morgan fingerprint density at radius 3 is 3.00 bits per heavy atom. The van der Waals surface area contributed by atoms with E-state index < -0.39 is 0 Å². The van der Waals surface area contributed by atoms with E-state index in [1.165, 1.54) is 0 Å². The summed E-state index contributed by atoms with van der Waals surface area (Å²) < 4.78 is 16.7. The van der Waals surface area contributed by atoms with Gasteiger partial charge in [0.05, 0.1) is 11.6 Å². The van der Waals surface area contributed by atoms with Crippen LogP contribution in [0.3, 0.4) is 0 Å². The van der Waals surface area contributed by atoms with Crippen molar-refractivity contribution in [1.82, 2.24) is 0 Å². The summed E-state index contributed by atoms with van der Waals surface area (Å²) in [6.07, 6.45) is 0. The van der Waals surface area contributed by atoms with E-state index in [9.17, 15) is 0 Å². The number of rotatable bonds is 1. The third kappa shape index (κ3) is 1.46. The van der Waals surface area contributed by atoms with Gasteiger partial charge in [0.1, 0.15) is 6.61 Å². The normalized spacial score (nSPS) is 14.0. The van der Waals surface area contributed by atoms with Crippen LogP contribution in [0.2, 0.25) is 0 Å². The van der Waals surface area contributed by atoms with Gasteiger partial charge in [-0.2, -0.15) is 0 Å². The summed E-state index contributed by atoms with van der Waals surface area (Å²) in [7, 11) is 1.60. The molecule has 1 aromatic carbocycles. The largest absolute Gasteiger partial charge is 0.493 e. The molecule has 0 aromatic heterocycles. The van der Waals surface area contributed by atoms with Crippen molar-refractivity contribution in [2.24, 2.45) is 0 Å². The molecule has 1 aliphatic rings. The molecule has 0 spiro atoms. The fraction of sp³-hybridized carbons (Fsp3) is 0.222. The molecule has 0 N–H and O–H groups in total. The predicted octanol–water partition coefficient (Wildman–Crippen LogP) is 2.39. The summed E-state index contributed by atoms with van der Waals surface area (Å²) in [6, 6.07) is 3.69. The van der Waals surface area contributed by atoms with Crippen LogP contribution in [0.15, 0.2) is 16.6 Å². The molecule has 0 saturated carbocycles. The van der Waals surface area contributed by atoms with Crippen molar-refractivity contribution in [2.45, 2.75) is 0 Å². The van der Waals surface area contributed by atoms with Crippen LogP contribution in [0.4, 0.5) is 0 Å². The van der Waals surface area contributed by atoms with Crippen LogP contribution in [-0.2, 0) is 0 Å². The fourth-order valence-electron chi connectivity index (χ4n) is 1.16. The maximum absolute atomic E-state index is 5.39. The highest BCUT2D eigenvalue weighted by molar-refractivity contribution is 9.10. The summed E-state index contributed by atoms with van der Waals surface area (Å²) in [6.45, 7) is 2.05. The summed E-state index contributed by atoms with van der Waals surface area (Å²) in [5.74, 6) is 2.01. The lowest BCUT2D eigenvalue weighted by molar-refractivity contribution is 0.212. The highest BCUT2D eigenvalue weighted by atomic mass is 79.9. The molecule has 0 unspecified atom stereocenters. The molecule has 0 aliphatic carbocycles. The molecule has 1 aliphatic heterocycles. The van der Waals surface area contributed by atoms with Crippen LogP contribution in [0.5, 0.6) is 17.2 Å². The number of halogens is 1. The van der Waals surface area contributed by atoms with Crippen molar-refractivity contribution in [3.63, 3.8) is 0 Å². The molecule has 0 fully saturated rings. The van der Waals surface area contributed by atoms with Crippen LogP contribution in [-0.4, -0.2) is 13.7 Å². The summed E-state index contributed by atoms with van der Waals surface area (Å²) in [4.78, 5) is 0. The zero-order valence-electron chi connectivity index (χ0n) is 7.04. The Bertz CT molecular complexity index is 325. The molecule has 0 amide bonds. The smallest absolute Gasteiger partial charge is 0.204 e. The van der Waals surface area contributed by atoms with E-state index in [0.717, 1.165) is 4.47 Å². The van der Waals surface area contributed by atoms with Crippen LogP contribution in [0.1, 0.15) is 0 Å². The fourth-order valence-corrected chi connectivity index (χ4v) is 1.57. The molecule has 0 saturated heterocycles. The summed E-state index contributed by atoms with van der Waals surface area (Å²) in [5, 5.41) is 0. The van der Waals surface area contributed by atoms with E-state index >= 15 is 0 Å². The quantitative estimate of drug-likeness (QED) is 0.759. The molecular weight excluding hydrogens is 236 g/mol. The van der Waals surface area contributed by atoms with Crippen molar-refractivity contribution in [3.8, 4) is 17.2 Å². The molecule has 69 valence electrons. The molecule has 0 atom stereocenters. The molecule has 1 heterocycles. The second-order valence-corrected chi connectivity index (χ2v) is 3.36. The average Bonchev–Trinajstić information content (AvgIpc) is 2.19. The monoisotopic (exact) mass is 243 g/mol. The first kappa shape index (κ1) is 8.69. The lowest BCUT2D eigenvalue weighted by Gasteiger charge is -2.20. The van der Waals surface area contributed by atoms with E-state index in [2.05, 4.69) is 15.9 Å². The van der Waals surface area contributed by atoms with E-state index in [1.807, 2.05) is 12.1 Å². The van der Waals surface area contributed by atoms with Crippen LogP contribution in [0, 0.1) is 6.61 Å². The number of methoxy groups -OCH3 is 1. The van der Waals surface area contributed by atoms with Crippen LogP contribution >= 0.6 is 15.9 Å². The highest BCUT2D eigenvalue weighted by Gasteiger charge is 2.19. The third-order valence-corrected chi connectivity index (χ3v) is 2.37. The zero-order valence-corrected chi connectivity index (χ0v) is 8.63.